The van der Waals surface area contributed by atoms with Crippen molar-refractivity contribution < 1.29 is 9.47 Å². The first-order chi connectivity index (χ1) is 11.7. The Hall–Kier alpha value is -2.87. The monoisotopic (exact) mass is 328 g/mol. The summed E-state index contributed by atoms with van der Waals surface area (Å²) in [7, 11) is 3.29. The third kappa shape index (κ3) is 3.38. The Labute approximate surface area is 139 Å². The number of anilines is 2. The molecule has 3 aromatic rings. The zero-order valence-electron chi connectivity index (χ0n) is 13.7. The summed E-state index contributed by atoms with van der Waals surface area (Å²) in [6, 6.07) is 5.63. The van der Waals surface area contributed by atoms with Crippen LogP contribution in [0.4, 0.5) is 11.8 Å². The fourth-order valence-electron chi connectivity index (χ4n) is 2.50. The highest BCUT2D eigenvalue weighted by Gasteiger charge is 2.12. The minimum Gasteiger partial charge on any atom is -0.497 e. The molecule has 126 valence electrons. The van der Waals surface area contributed by atoms with Crippen LogP contribution in [0.25, 0.3) is 11.0 Å². The van der Waals surface area contributed by atoms with Crippen LogP contribution in [-0.4, -0.2) is 46.9 Å². The molecule has 8 heteroatoms. The predicted octanol–water partition coefficient (Wildman–Crippen LogP) is 1.52. The van der Waals surface area contributed by atoms with Crippen LogP contribution in [0.3, 0.4) is 0 Å². The van der Waals surface area contributed by atoms with Crippen molar-refractivity contribution in [3.63, 3.8) is 0 Å². The molecule has 0 aliphatic heterocycles. The Morgan fingerprint density at radius 2 is 2.12 bits per heavy atom. The van der Waals surface area contributed by atoms with E-state index in [4.69, 9.17) is 15.2 Å². The smallest absolute Gasteiger partial charge is 0.222 e. The first kappa shape index (κ1) is 16.0. The van der Waals surface area contributed by atoms with E-state index in [1.807, 2.05) is 29.0 Å². The maximum atomic E-state index is 5.80. The van der Waals surface area contributed by atoms with Gasteiger partial charge in [0.1, 0.15) is 11.3 Å². The normalized spacial score (nSPS) is 10.9. The predicted molar refractivity (Wildman–Crippen MR) is 92.2 cm³/mol. The molecule has 0 unspecified atom stereocenters. The van der Waals surface area contributed by atoms with E-state index in [0.29, 0.717) is 25.5 Å². The molecule has 8 nitrogen and oxygen atoms in total. The van der Waals surface area contributed by atoms with Crippen LogP contribution in [0.5, 0.6) is 5.75 Å². The number of pyridine rings is 1. The van der Waals surface area contributed by atoms with Crippen LogP contribution in [0.1, 0.15) is 5.69 Å². The second-order valence-electron chi connectivity index (χ2n) is 5.21. The van der Waals surface area contributed by atoms with Crippen molar-refractivity contribution in [2.24, 2.45) is 0 Å². The van der Waals surface area contributed by atoms with Crippen molar-refractivity contribution in [2.45, 2.75) is 6.54 Å². The van der Waals surface area contributed by atoms with Gasteiger partial charge >= 0.3 is 0 Å². The number of aromatic nitrogens is 4. The fraction of sp³-hybridized carbons (Fsp3) is 0.312. The quantitative estimate of drug-likeness (QED) is 0.634. The number of hydrogen-bond acceptors (Lipinski definition) is 7. The molecule has 3 N–H and O–H groups in total. The summed E-state index contributed by atoms with van der Waals surface area (Å²) in [6.45, 7) is 1.78. The highest BCUT2D eigenvalue weighted by Crippen LogP contribution is 2.23. The summed E-state index contributed by atoms with van der Waals surface area (Å²) in [5.74, 6) is 1.69. The molecule has 0 aromatic carbocycles. The van der Waals surface area contributed by atoms with Crippen molar-refractivity contribution in [2.75, 3.05) is 38.4 Å². The molecule has 0 atom stereocenters. The van der Waals surface area contributed by atoms with E-state index in [-0.39, 0.29) is 5.95 Å². The molecule has 0 saturated carbocycles. The van der Waals surface area contributed by atoms with Crippen molar-refractivity contribution >= 4 is 22.8 Å². The van der Waals surface area contributed by atoms with E-state index in [1.165, 1.54) is 0 Å². The lowest BCUT2D eigenvalue weighted by Gasteiger charge is -2.11. The van der Waals surface area contributed by atoms with Gasteiger partial charge in [0.05, 0.1) is 31.5 Å². The standard InChI is InChI=1S/C16H20N6O2/c1-23-8-6-19-15-14-13(20-16(17)21-15)4-7-22(14)10-11-9-12(24-2)3-5-18-11/h3-5,7,9H,6,8,10H2,1-2H3,(H3,17,19,20,21). The van der Waals surface area contributed by atoms with Gasteiger partial charge in [-0.25, -0.2) is 4.98 Å². The van der Waals surface area contributed by atoms with Gasteiger partial charge in [0.15, 0.2) is 5.82 Å². The van der Waals surface area contributed by atoms with Gasteiger partial charge in [0.25, 0.3) is 0 Å². The van der Waals surface area contributed by atoms with Crippen LogP contribution in [-0.2, 0) is 11.3 Å². The van der Waals surface area contributed by atoms with E-state index in [0.717, 1.165) is 22.5 Å². The van der Waals surface area contributed by atoms with Gasteiger partial charge in [0, 0.05) is 32.1 Å². The summed E-state index contributed by atoms with van der Waals surface area (Å²) in [6.07, 6.45) is 3.67. The highest BCUT2D eigenvalue weighted by atomic mass is 16.5. The zero-order chi connectivity index (χ0) is 16.9. The number of nitrogen functional groups attached to an aromatic ring is 1. The van der Waals surface area contributed by atoms with E-state index >= 15 is 0 Å². The fourth-order valence-corrected chi connectivity index (χ4v) is 2.50. The van der Waals surface area contributed by atoms with Crippen LogP contribution < -0.4 is 15.8 Å². The average Bonchev–Trinajstić information content (AvgIpc) is 2.98. The van der Waals surface area contributed by atoms with Crippen molar-refractivity contribution in [1.29, 1.82) is 0 Å². The third-order valence-corrected chi connectivity index (χ3v) is 3.58. The SMILES string of the molecule is COCCNc1nc(N)nc2ccn(Cc3cc(OC)ccn3)c12. The van der Waals surface area contributed by atoms with Crippen molar-refractivity contribution in [3.05, 3.63) is 36.3 Å². The highest BCUT2D eigenvalue weighted by molar-refractivity contribution is 5.87. The largest absolute Gasteiger partial charge is 0.497 e. The third-order valence-electron chi connectivity index (χ3n) is 3.58. The van der Waals surface area contributed by atoms with Gasteiger partial charge in [-0.2, -0.15) is 4.98 Å². The van der Waals surface area contributed by atoms with Crippen molar-refractivity contribution in [3.8, 4) is 5.75 Å². The number of rotatable bonds is 7. The average molecular weight is 328 g/mol. The topological polar surface area (TPSA) is 100 Å². The first-order valence-corrected chi connectivity index (χ1v) is 7.55. The van der Waals surface area contributed by atoms with Gasteiger partial charge in [0.2, 0.25) is 5.95 Å². The number of nitrogens with two attached hydrogens (primary N) is 1. The summed E-state index contributed by atoms with van der Waals surface area (Å²) in [5.41, 5.74) is 8.34. The maximum absolute atomic E-state index is 5.80. The Morgan fingerprint density at radius 1 is 1.25 bits per heavy atom. The van der Waals surface area contributed by atoms with E-state index in [2.05, 4.69) is 20.3 Å². The number of hydrogen-bond donors (Lipinski definition) is 2. The molecule has 0 bridgehead atoms. The Bertz CT molecular complexity index is 833. The summed E-state index contributed by atoms with van der Waals surface area (Å²) >= 11 is 0. The number of nitrogens with zero attached hydrogens (tertiary/aromatic N) is 4. The Balaban J connectivity index is 1.95. The molecule has 0 spiro atoms. The summed E-state index contributed by atoms with van der Waals surface area (Å²) < 4.78 is 12.4. The molecular formula is C16H20N6O2. The molecular weight excluding hydrogens is 308 g/mol. The van der Waals surface area contributed by atoms with E-state index in [9.17, 15) is 0 Å². The van der Waals surface area contributed by atoms with Gasteiger partial charge in [-0.05, 0) is 12.1 Å². The van der Waals surface area contributed by atoms with Gasteiger partial charge in [-0.15, -0.1) is 0 Å². The zero-order valence-corrected chi connectivity index (χ0v) is 13.7. The maximum Gasteiger partial charge on any atom is 0.222 e. The van der Waals surface area contributed by atoms with Crippen LogP contribution in [0.15, 0.2) is 30.6 Å². The lowest BCUT2D eigenvalue weighted by molar-refractivity contribution is 0.210. The van der Waals surface area contributed by atoms with Gasteiger partial charge in [-0.1, -0.05) is 0 Å². The van der Waals surface area contributed by atoms with Gasteiger partial charge < -0.3 is 25.1 Å². The van der Waals surface area contributed by atoms with E-state index < -0.39 is 0 Å². The molecule has 24 heavy (non-hydrogen) atoms. The molecule has 3 heterocycles. The second kappa shape index (κ2) is 7.14. The lowest BCUT2D eigenvalue weighted by Crippen LogP contribution is -2.12. The first-order valence-electron chi connectivity index (χ1n) is 7.55. The van der Waals surface area contributed by atoms with Crippen LogP contribution >= 0.6 is 0 Å². The van der Waals surface area contributed by atoms with Crippen molar-refractivity contribution in [1.82, 2.24) is 19.5 Å². The van der Waals surface area contributed by atoms with Crippen LogP contribution in [0.2, 0.25) is 0 Å². The second-order valence-corrected chi connectivity index (χ2v) is 5.21. The molecule has 0 saturated heterocycles. The molecule has 0 aliphatic rings. The minimum absolute atomic E-state index is 0.236. The number of ether oxygens (including phenoxy) is 2. The lowest BCUT2D eigenvalue weighted by atomic mass is 10.3. The number of methoxy groups -OCH3 is 2. The molecule has 3 aromatic heterocycles. The van der Waals surface area contributed by atoms with Crippen LogP contribution in [0, 0.1) is 0 Å². The minimum atomic E-state index is 0.236. The molecule has 0 aliphatic carbocycles. The molecule has 3 rings (SSSR count). The molecule has 0 fully saturated rings. The molecule has 0 radical (unpaired) electrons. The van der Waals surface area contributed by atoms with E-state index in [1.54, 1.807) is 20.4 Å². The number of fused-ring (bicyclic) bond motifs is 1. The Morgan fingerprint density at radius 3 is 2.92 bits per heavy atom. The number of nitrogens with one attached hydrogen (secondary N) is 1. The van der Waals surface area contributed by atoms with Gasteiger partial charge in [-0.3, -0.25) is 4.98 Å². The molecule has 0 amide bonds. The summed E-state index contributed by atoms with van der Waals surface area (Å²) in [4.78, 5) is 13.0. The Kier molecular flexibility index (Phi) is 4.76. The summed E-state index contributed by atoms with van der Waals surface area (Å²) in [5, 5.41) is 3.24.